The second-order valence-corrected chi connectivity index (χ2v) is 5.56. The summed E-state index contributed by atoms with van der Waals surface area (Å²) in [5.74, 6) is 0. The van der Waals surface area contributed by atoms with Crippen molar-refractivity contribution in [3.63, 3.8) is 0 Å². The fraction of sp³-hybridized carbons (Fsp3) is 0.200. The van der Waals surface area contributed by atoms with Crippen molar-refractivity contribution in [1.82, 2.24) is 0 Å². The fourth-order valence-electron chi connectivity index (χ4n) is 1.89. The fourth-order valence-corrected chi connectivity index (χ4v) is 2.95. The van der Waals surface area contributed by atoms with Crippen LogP contribution >= 0.6 is 27.5 Å². The van der Waals surface area contributed by atoms with Crippen molar-refractivity contribution in [2.24, 2.45) is 0 Å². The number of rotatable bonds is 3. The normalized spacial score (nSPS) is 12.4. The molecule has 0 fully saturated rings. The Bertz CT molecular complexity index is 508. The lowest BCUT2D eigenvalue weighted by Gasteiger charge is -2.12. The van der Waals surface area contributed by atoms with Crippen LogP contribution in [0.2, 0.25) is 0 Å². The monoisotopic (exact) mass is 308 g/mol. The van der Waals surface area contributed by atoms with Crippen molar-refractivity contribution in [2.45, 2.75) is 18.7 Å². The van der Waals surface area contributed by atoms with E-state index in [4.69, 9.17) is 11.6 Å². The van der Waals surface area contributed by atoms with Gasteiger partial charge in [-0.15, -0.1) is 11.6 Å². The van der Waals surface area contributed by atoms with Gasteiger partial charge >= 0.3 is 0 Å². The van der Waals surface area contributed by atoms with E-state index in [-0.39, 0.29) is 5.38 Å². The molecule has 0 amide bonds. The van der Waals surface area contributed by atoms with E-state index in [2.05, 4.69) is 53.2 Å². The molecule has 1 unspecified atom stereocenters. The number of halogens is 2. The third-order valence-electron chi connectivity index (χ3n) is 2.74. The molecule has 0 nitrogen and oxygen atoms in total. The maximum atomic E-state index is 6.47. The van der Waals surface area contributed by atoms with Crippen LogP contribution in [-0.2, 0) is 6.42 Å². The second-order valence-electron chi connectivity index (χ2n) is 4.18. The molecule has 1 atom stereocenters. The third-order valence-corrected chi connectivity index (χ3v) is 3.85. The topological polar surface area (TPSA) is 0 Å². The molecule has 0 aromatic heterocycles. The van der Waals surface area contributed by atoms with Crippen LogP contribution < -0.4 is 0 Å². The second kappa shape index (κ2) is 5.70. The van der Waals surface area contributed by atoms with Gasteiger partial charge in [-0.25, -0.2) is 0 Å². The van der Waals surface area contributed by atoms with Crippen LogP contribution in [0.5, 0.6) is 0 Å². The van der Waals surface area contributed by atoms with Gasteiger partial charge in [0.2, 0.25) is 0 Å². The smallest absolute Gasteiger partial charge is 0.0636 e. The van der Waals surface area contributed by atoms with Crippen LogP contribution in [0.1, 0.15) is 22.1 Å². The van der Waals surface area contributed by atoms with Crippen molar-refractivity contribution >= 4 is 27.5 Å². The summed E-state index contributed by atoms with van der Waals surface area (Å²) >= 11 is 10.0. The third kappa shape index (κ3) is 3.34. The molecule has 88 valence electrons. The maximum absolute atomic E-state index is 6.47. The molecule has 2 aromatic rings. The van der Waals surface area contributed by atoms with Gasteiger partial charge < -0.3 is 0 Å². The first kappa shape index (κ1) is 12.7. The maximum Gasteiger partial charge on any atom is 0.0636 e. The Hall–Kier alpha value is -0.790. The molecule has 0 bridgehead atoms. The highest BCUT2D eigenvalue weighted by molar-refractivity contribution is 9.10. The minimum Gasteiger partial charge on any atom is -0.117 e. The summed E-state index contributed by atoms with van der Waals surface area (Å²) in [5.41, 5.74) is 3.70. The highest BCUT2D eigenvalue weighted by atomic mass is 79.9. The molecule has 17 heavy (non-hydrogen) atoms. The summed E-state index contributed by atoms with van der Waals surface area (Å²) in [6.07, 6.45) is 0.853. The zero-order valence-electron chi connectivity index (χ0n) is 9.66. The van der Waals surface area contributed by atoms with Gasteiger partial charge in [-0.1, -0.05) is 64.0 Å². The van der Waals surface area contributed by atoms with Gasteiger partial charge in [0.1, 0.15) is 0 Å². The molecule has 2 aromatic carbocycles. The molecule has 2 rings (SSSR count). The first-order valence-corrected chi connectivity index (χ1v) is 6.84. The van der Waals surface area contributed by atoms with E-state index in [0.717, 1.165) is 16.5 Å². The SMILES string of the molecule is Cc1cccc(CC(Cl)c2ccccc2Br)c1. The van der Waals surface area contributed by atoms with Crippen LogP contribution in [0, 0.1) is 6.92 Å². The predicted octanol–water partition coefficient (Wildman–Crippen LogP) is 5.28. The Kier molecular flexibility index (Phi) is 4.25. The number of benzene rings is 2. The summed E-state index contributed by atoms with van der Waals surface area (Å²) in [4.78, 5) is 0. The van der Waals surface area contributed by atoms with E-state index in [0.29, 0.717) is 0 Å². The van der Waals surface area contributed by atoms with Crippen molar-refractivity contribution in [1.29, 1.82) is 0 Å². The average molecular weight is 310 g/mol. The molecular formula is C15H14BrCl. The van der Waals surface area contributed by atoms with Crippen LogP contribution in [0.3, 0.4) is 0 Å². The molecule has 0 N–H and O–H groups in total. The highest BCUT2D eigenvalue weighted by Gasteiger charge is 2.11. The number of hydrogen-bond acceptors (Lipinski definition) is 0. The lowest BCUT2D eigenvalue weighted by atomic mass is 10.0. The Balaban J connectivity index is 2.17. The van der Waals surface area contributed by atoms with Gasteiger partial charge in [-0.2, -0.15) is 0 Å². The van der Waals surface area contributed by atoms with E-state index in [9.17, 15) is 0 Å². The average Bonchev–Trinajstić information content (AvgIpc) is 2.29. The van der Waals surface area contributed by atoms with Gasteiger partial charge in [-0.05, 0) is 30.5 Å². The first-order chi connectivity index (χ1) is 8.16. The lowest BCUT2D eigenvalue weighted by Crippen LogP contribution is -1.97. The molecule has 0 saturated heterocycles. The lowest BCUT2D eigenvalue weighted by molar-refractivity contribution is 0.913. The summed E-state index contributed by atoms with van der Waals surface area (Å²) in [6.45, 7) is 2.10. The van der Waals surface area contributed by atoms with Crippen LogP contribution in [-0.4, -0.2) is 0 Å². The number of aryl methyl sites for hydroxylation is 1. The summed E-state index contributed by atoms with van der Waals surface area (Å²) in [5, 5.41) is 0.00683. The molecule has 0 aliphatic rings. The van der Waals surface area contributed by atoms with Gasteiger partial charge in [0.05, 0.1) is 5.38 Å². The van der Waals surface area contributed by atoms with Crippen molar-refractivity contribution < 1.29 is 0 Å². The Morgan fingerprint density at radius 2 is 1.88 bits per heavy atom. The molecule has 2 heteroatoms. The van der Waals surface area contributed by atoms with E-state index in [1.165, 1.54) is 11.1 Å². The molecule has 0 spiro atoms. The Morgan fingerprint density at radius 1 is 1.12 bits per heavy atom. The van der Waals surface area contributed by atoms with Gasteiger partial charge in [-0.3, -0.25) is 0 Å². The van der Waals surface area contributed by atoms with Crippen LogP contribution in [0.4, 0.5) is 0 Å². The standard InChI is InChI=1S/C15H14BrCl/c1-11-5-4-6-12(9-11)10-15(17)13-7-2-3-8-14(13)16/h2-9,15H,10H2,1H3. The van der Waals surface area contributed by atoms with Gasteiger partial charge in [0.15, 0.2) is 0 Å². The molecular weight excluding hydrogens is 296 g/mol. The Morgan fingerprint density at radius 3 is 2.59 bits per heavy atom. The molecule has 0 aliphatic heterocycles. The number of hydrogen-bond donors (Lipinski definition) is 0. The minimum atomic E-state index is 0.00683. The van der Waals surface area contributed by atoms with Crippen molar-refractivity contribution in [2.75, 3.05) is 0 Å². The van der Waals surface area contributed by atoms with Gasteiger partial charge in [0, 0.05) is 4.47 Å². The van der Waals surface area contributed by atoms with Crippen LogP contribution in [0.15, 0.2) is 53.0 Å². The Labute approximate surface area is 116 Å². The van der Waals surface area contributed by atoms with Crippen LogP contribution in [0.25, 0.3) is 0 Å². The van der Waals surface area contributed by atoms with E-state index in [1.54, 1.807) is 0 Å². The highest BCUT2D eigenvalue weighted by Crippen LogP contribution is 2.30. The van der Waals surface area contributed by atoms with E-state index >= 15 is 0 Å². The van der Waals surface area contributed by atoms with Gasteiger partial charge in [0.25, 0.3) is 0 Å². The largest absolute Gasteiger partial charge is 0.117 e. The van der Waals surface area contributed by atoms with Crippen molar-refractivity contribution in [3.8, 4) is 0 Å². The quantitative estimate of drug-likeness (QED) is 0.677. The summed E-state index contributed by atoms with van der Waals surface area (Å²) in [7, 11) is 0. The molecule has 0 heterocycles. The molecule has 0 aliphatic carbocycles. The zero-order valence-corrected chi connectivity index (χ0v) is 12.0. The van der Waals surface area contributed by atoms with Crippen molar-refractivity contribution in [3.05, 3.63) is 69.7 Å². The summed E-state index contributed by atoms with van der Waals surface area (Å²) in [6, 6.07) is 16.6. The van der Waals surface area contributed by atoms with E-state index < -0.39 is 0 Å². The molecule has 0 saturated carbocycles. The zero-order chi connectivity index (χ0) is 12.3. The number of alkyl halides is 1. The first-order valence-electron chi connectivity index (χ1n) is 5.61. The van der Waals surface area contributed by atoms with E-state index in [1.807, 2.05) is 18.2 Å². The summed E-state index contributed by atoms with van der Waals surface area (Å²) < 4.78 is 1.08. The molecule has 0 radical (unpaired) electrons. The predicted molar refractivity (Wildman–Crippen MR) is 77.6 cm³/mol. The minimum absolute atomic E-state index is 0.00683.